The molecule has 176 valence electrons. The van der Waals surface area contributed by atoms with Gasteiger partial charge in [0.15, 0.2) is 0 Å². The first-order valence-corrected chi connectivity index (χ1v) is 12.2. The monoisotopic (exact) mass is 448 g/mol. The lowest BCUT2D eigenvalue weighted by atomic mass is 9.73. The zero-order valence-corrected chi connectivity index (χ0v) is 19.9. The van der Waals surface area contributed by atoms with Crippen LogP contribution in [-0.2, 0) is 20.7 Å². The van der Waals surface area contributed by atoms with Crippen molar-refractivity contribution < 1.29 is 14.3 Å². The molecular weight excluding hydrogens is 412 g/mol. The van der Waals surface area contributed by atoms with Gasteiger partial charge in [0, 0.05) is 33.2 Å². The lowest BCUT2D eigenvalue weighted by Gasteiger charge is -2.43. The number of likely N-dealkylation sites (tertiary alicyclic amines) is 1. The van der Waals surface area contributed by atoms with Gasteiger partial charge in [-0.15, -0.1) is 0 Å². The number of rotatable bonds is 6. The highest BCUT2D eigenvalue weighted by Crippen LogP contribution is 2.37. The van der Waals surface area contributed by atoms with E-state index in [-0.39, 0.29) is 23.8 Å². The second-order valence-corrected chi connectivity index (χ2v) is 9.67. The molecule has 4 rings (SSSR count). The van der Waals surface area contributed by atoms with Crippen LogP contribution in [0.3, 0.4) is 0 Å². The minimum Gasteiger partial charge on any atom is -0.381 e. The number of hydrogen-bond acceptors (Lipinski definition) is 3. The molecule has 0 unspecified atom stereocenters. The minimum atomic E-state index is -0.583. The van der Waals surface area contributed by atoms with E-state index in [1.54, 1.807) is 14.2 Å². The summed E-state index contributed by atoms with van der Waals surface area (Å²) in [6.07, 6.45) is 6.21. The first-order chi connectivity index (χ1) is 16.0. The Labute approximate surface area is 197 Å². The fourth-order valence-corrected chi connectivity index (χ4v) is 5.64. The molecule has 1 heterocycles. The number of amides is 2. The van der Waals surface area contributed by atoms with E-state index in [1.165, 1.54) is 11.1 Å². The maximum atomic E-state index is 13.4. The lowest BCUT2D eigenvalue weighted by molar-refractivity contribution is -0.145. The predicted molar refractivity (Wildman–Crippen MR) is 131 cm³/mol. The van der Waals surface area contributed by atoms with E-state index in [1.807, 2.05) is 23.1 Å². The molecule has 1 N–H and O–H groups in total. The topological polar surface area (TPSA) is 58.6 Å². The summed E-state index contributed by atoms with van der Waals surface area (Å²) < 4.78 is 5.47. The molecule has 1 atom stereocenters. The van der Waals surface area contributed by atoms with Crippen molar-refractivity contribution in [2.24, 2.45) is 11.3 Å². The van der Waals surface area contributed by atoms with E-state index in [9.17, 15) is 9.59 Å². The number of ether oxygens (including phenoxy) is 1. The number of methoxy groups -OCH3 is 1. The van der Waals surface area contributed by atoms with Crippen molar-refractivity contribution in [3.05, 3.63) is 60.2 Å². The first kappa shape index (κ1) is 23.5. The number of nitrogens with zero attached hydrogens (tertiary/aromatic N) is 1. The Morgan fingerprint density at radius 3 is 2.30 bits per heavy atom. The van der Waals surface area contributed by atoms with Crippen LogP contribution in [0, 0.1) is 11.3 Å². The molecule has 0 aromatic heterocycles. The molecule has 1 saturated carbocycles. The van der Waals surface area contributed by atoms with Crippen LogP contribution in [0.5, 0.6) is 0 Å². The van der Waals surface area contributed by atoms with Gasteiger partial charge in [-0.1, -0.05) is 54.6 Å². The van der Waals surface area contributed by atoms with Crippen molar-refractivity contribution in [2.75, 3.05) is 27.2 Å². The van der Waals surface area contributed by atoms with Gasteiger partial charge in [0.2, 0.25) is 11.8 Å². The van der Waals surface area contributed by atoms with Gasteiger partial charge in [0.05, 0.1) is 11.5 Å². The molecule has 2 fully saturated rings. The van der Waals surface area contributed by atoms with Gasteiger partial charge in [-0.05, 0) is 61.6 Å². The standard InChI is InChI=1S/C28H36N2O3/c1-29-27(32)28(19-21-9-11-23(12-10-21)22-7-4-3-5-8-22)17-6-18-30(20-28)26(31)24-13-15-25(33-2)16-14-24/h3-5,7-12,24-25H,6,13-20H2,1-2H3,(H,29,32)/t24?,25?,28-/m1/s1. The molecule has 5 heteroatoms. The summed E-state index contributed by atoms with van der Waals surface area (Å²) in [4.78, 5) is 28.5. The molecule has 2 aromatic carbocycles. The third-order valence-electron chi connectivity index (χ3n) is 7.56. The number of benzene rings is 2. The summed E-state index contributed by atoms with van der Waals surface area (Å²) >= 11 is 0. The van der Waals surface area contributed by atoms with Crippen molar-refractivity contribution >= 4 is 11.8 Å². The zero-order chi connectivity index (χ0) is 23.3. The fraction of sp³-hybridized carbons (Fsp3) is 0.500. The fourth-order valence-electron chi connectivity index (χ4n) is 5.64. The van der Waals surface area contributed by atoms with Crippen LogP contribution in [0.1, 0.15) is 44.1 Å². The van der Waals surface area contributed by atoms with Crippen molar-refractivity contribution in [3.63, 3.8) is 0 Å². The maximum absolute atomic E-state index is 13.4. The highest BCUT2D eigenvalue weighted by Gasteiger charge is 2.44. The molecule has 0 radical (unpaired) electrons. The Balaban J connectivity index is 1.48. The Morgan fingerprint density at radius 2 is 1.67 bits per heavy atom. The van der Waals surface area contributed by atoms with Crippen LogP contribution >= 0.6 is 0 Å². The number of carbonyl (C=O) groups excluding carboxylic acids is 2. The quantitative estimate of drug-likeness (QED) is 0.710. The Morgan fingerprint density at radius 1 is 1.00 bits per heavy atom. The molecule has 1 aliphatic heterocycles. The van der Waals surface area contributed by atoms with Gasteiger partial charge in [0.1, 0.15) is 0 Å². The van der Waals surface area contributed by atoms with Gasteiger partial charge < -0.3 is 15.0 Å². The number of carbonyl (C=O) groups is 2. The molecule has 2 amide bonds. The zero-order valence-electron chi connectivity index (χ0n) is 19.9. The summed E-state index contributed by atoms with van der Waals surface area (Å²) in [5, 5.41) is 2.89. The van der Waals surface area contributed by atoms with Gasteiger partial charge in [-0.3, -0.25) is 9.59 Å². The summed E-state index contributed by atoms with van der Waals surface area (Å²) in [5.74, 6) is 0.314. The van der Waals surface area contributed by atoms with E-state index in [4.69, 9.17) is 4.74 Å². The van der Waals surface area contributed by atoms with Crippen molar-refractivity contribution in [2.45, 2.75) is 51.0 Å². The van der Waals surface area contributed by atoms with Gasteiger partial charge >= 0.3 is 0 Å². The third-order valence-corrected chi connectivity index (χ3v) is 7.56. The summed E-state index contributed by atoms with van der Waals surface area (Å²) in [6.45, 7) is 1.24. The second kappa shape index (κ2) is 10.5. The SMILES string of the molecule is CNC(=O)[C@@]1(Cc2ccc(-c3ccccc3)cc2)CCCN(C(=O)C2CCC(OC)CC2)C1. The van der Waals surface area contributed by atoms with Crippen LogP contribution in [0.25, 0.3) is 11.1 Å². The van der Waals surface area contributed by atoms with Crippen LogP contribution in [-0.4, -0.2) is 50.1 Å². The molecule has 2 aromatic rings. The number of nitrogens with one attached hydrogen (secondary N) is 1. The Bertz CT molecular complexity index is 935. The summed E-state index contributed by atoms with van der Waals surface area (Å²) in [7, 11) is 3.46. The molecule has 0 bridgehead atoms. The van der Waals surface area contributed by atoms with Crippen molar-refractivity contribution in [3.8, 4) is 11.1 Å². The van der Waals surface area contributed by atoms with E-state index < -0.39 is 5.41 Å². The molecule has 0 spiro atoms. The van der Waals surface area contributed by atoms with E-state index in [0.29, 0.717) is 13.0 Å². The molecule has 1 aliphatic carbocycles. The van der Waals surface area contributed by atoms with E-state index in [2.05, 4.69) is 41.7 Å². The smallest absolute Gasteiger partial charge is 0.228 e. The van der Waals surface area contributed by atoms with E-state index >= 15 is 0 Å². The van der Waals surface area contributed by atoms with Crippen LogP contribution in [0.2, 0.25) is 0 Å². The molecule has 33 heavy (non-hydrogen) atoms. The number of hydrogen-bond donors (Lipinski definition) is 1. The average molecular weight is 449 g/mol. The summed E-state index contributed by atoms with van der Waals surface area (Å²) in [5.41, 5.74) is 2.90. The predicted octanol–water partition coefficient (Wildman–Crippen LogP) is 4.46. The van der Waals surface area contributed by atoms with Gasteiger partial charge in [0.25, 0.3) is 0 Å². The summed E-state index contributed by atoms with van der Waals surface area (Å²) in [6, 6.07) is 18.8. The average Bonchev–Trinajstić information content (AvgIpc) is 2.89. The normalized spacial score (nSPS) is 25.5. The second-order valence-electron chi connectivity index (χ2n) is 9.67. The largest absolute Gasteiger partial charge is 0.381 e. The third kappa shape index (κ3) is 5.30. The van der Waals surface area contributed by atoms with Crippen molar-refractivity contribution in [1.82, 2.24) is 10.2 Å². The van der Waals surface area contributed by atoms with Crippen LogP contribution in [0.15, 0.2) is 54.6 Å². The molecule has 1 saturated heterocycles. The minimum absolute atomic E-state index is 0.0372. The van der Waals surface area contributed by atoms with Crippen molar-refractivity contribution in [1.29, 1.82) is 0 Å². The highest BCUT2D eigenvalue weighted by molar-refractivity contribution is 5.85. The maximum Gasteiger partial charge on any atom is 0.228 e. The Hall–Kier alpha value is -2.66. The van der Waals surface area contributed by atoms with Crippen LogP contribution < -0.4 is 5.32 Å². The number of piperidine rings is 1. The molecular formula is C28H36N2O3. The molecule has 2 aliphatic rings. The Kier molecular flexibility index (Phi) is 7.49. The van der Waals surface area contributed by atoms with Gasteiger partial charge in [-0.25, -0.2) is 0 Å². The molecule has 5 nitrogen and oxygen atoms in total. The van der Waals surface area contributed by atoms with E-state index in [0.717, 1.165) is 50.6 Å². The van der Waals surface area contributed by atoms with Crippen LogP contribution in [0.4, 0.5) is 0 Å². The van der Waals surface area contributed by atoms with Gasteiger partial charge in [-0.2, -0.15) is 0 Å². The lowest BCUT2D eigenvalue weighted by Crippen LogP contribution is -2.55. The highest BCUT2D eigenvalue weighted by atomic mass is 16.5. The first-order valence-electron chi connectivity index (χ1n) is 12.2.